The Bertz CT molecular complexity index is 1120. The average Bonchev–Trinajstić information content (AvgIpc) is 2.80. The summed E-state index contributed by atoms with van der Waals surface area (Å²) < 4.78 is 60.8. The van der Waals surface area contributed by atoms with Gasteiger partial charge in [-0.2, -0.15) is 8.78 Å². The molecule has 0 aliphatic rings. The van der Waals surface area contributed by atoms with E-state index in [1.807, 2.05) is 0 Å². The Morgan fingerprint density at radius 3 is 1.72 bits per heavy atom. The molecule has 1 N–H and O–H groups in total. The third-order valence-electron chi connectivity index (χ3n) is 5.12. The highest BCUT2D eigenvalue weighted by Crippen LogP contribution is 2.49. The Kier molecular flexibility index (Phi) is 6.64. The first-order valence-corrected chi connectivity index (χ1v) is 11.3. The number of alkyl halides is 2. The molecule has 0 saturated heterocycles. The van der Waals surface area contributed by atoms with Crippen LogP contribution in [-0.4, -0.2) is 31.4 Å². The van der Waals surface area contributed by atoms with E-state index in [0.29, 0.717) is 0 Å². The van der Waals surface area contributed by atoms with E-state index < -0.39 is 32.4 Å². The lowest BCUT2D eigenvalue weighted by molar-refractivity contribution is -0.149. The molecule has 0 atom stereocenters. The van der Waals surface area contributed by atoms with Crippen LogP contribution in [-0.2, 0) is 24.1 Å². The van der Waals surface area contributed by atoms with Crippen molar-refractivity contribution in [2.75, 3.05) is 6.61 Å². The molecule has 0 unspecified atom stereocenters. The highest BCUT2D eigenvalue weighted by Gasteiger charge is 2.61. The largest absolute Gasteiger partial charge is 0.508 e. The Labute approximate surface area is 185 Å². The van der Waals surface area contributed by atoms with Crippen LogP contribution in [0.5, 0.6) is 5.75 Å². The van der Waals surface area contributed by atoms with Gasteiger partial charge < -0.3 is 9.84 Å². The minimum Gasteiger partial charge on any atom is -0.508 e. The second kappa shape index (κ2) is 9.08. The van der Waals surface area contributed by atoms with E-state index in [1.165, 1.54) is 55.5 Å². The lowest BCUT2D eigenvalue weighted by atomic mass is 9.84. The first kappa shape index (κ1) is 23.4. The Balaban J connectivity index is 2.38. The number of hydrogen-bond acceptors (Lipinski definition) is 5. The Morgan fingerprint density at radius 2 is 1.28 bits per heavy atom. The van der Waals surface area contributed by atoms with E-state index in [2.05, 4.69) is 4.74 Å². The summed E-state index contributed by atoms with van der Waals surface area (Å²) in [6.07, 6.45) is -0.170. The molecule has 0 heterocycles. The zero-order valence-corrected chi connectivity index (χ0v) is 18.1. The minimum atomic E-state index is -5.43. The van der Waals surface area contributed by atoms with E-state index in [-0.39, 0.29) is 28.9 Å². The number of phenols is 1. The minimum absolute atomic E-state index is 0.00851. The van der Waals surface area contributed by atoms with E-state index in [1.54, 1.807) is 36.4 Å². The Morgan fingerprint density at radius 1 is 0.844 bits per heavy atom. The number of benzene rings is 3. The van der Waals surface area contributed by atoms with E-state index in [4.69, 9.17) is 0 Å². The van der Waals surface area contributed by atoms with Crippen molar-refractivity contribution in [3.63, 3.8) is 0 Å². The summed E-state index contributed by atoms with van der Waals surface area (Å²) >= 11 is 0. The summed E-state index contributed by atoms with van der Waals surface area (Å²) in [6, 6.07) is 20.4. The number of halogens is 2. The van der Waals surface area contributed by atoms with Crippen molar-refractivity contribution in [2.24, 2.45) is 0 Å². The normalized spacial score (nSPS) is 12.3. The van der Waals surface area contributed by atoms with Crippen LogP contribution < -0.4 is 0 Å². The summed E-state index contributed by atoms with van der Waals surface area (Å²) in [6.45, 7) is -0.189. The fourth-order valence-electron chi connectivity index (χ4n) is 3.58. The molecule has 3 rings (SSSR count). The maximum atomic E-state index is 15.4. The van der Waals surface area contributed by atoms with Gasteiger partial charge in [-0.3, -0.25) is 4.79 Å². The van der Waals surface area contributed by atoms with E-state index in [9.17, 15) is 18.3 Å². The van der Waals surface area contributed by atoms with Gasteiger partial charge in [0, 0.05) is 6.42 Å². The summed E-state index contributed by atoms with van der Waals surface area (Å²) in [5.41, 5.74) is 0.172. The van der Waals surface area contributed by atoms with Crippen LogP contribution in [0.25, 0.3) is 0 Å². The molecule has 0 saturated carbocycles. The van der Waals surface area contributed by atoms with Gasteiger partial charge in [-0.1, -0.05) is 79.7 Å². The maximum Gasteiger partial charge on any atom is 0.380 e. The predicted molar refractivity (Wildman–Crippen MR) is 116 cm³/mol. The van der Waals surface area contributed by atoms with Gasteiger partial charge in [0.05, 0.1) is 0 Å². The smallest absolute Gasteiger partial charge is 0.380 e. The molecule has 5 nitrogen and oxygen atoms in total. The zero-order chi connectivity index (χ0) is 23.4. The van der Waals surface area contributed by atoms with Crippen molar-refractivity contribution >= 4 is 15.8 Å². The third-order valence-corrected chi connectivity index (χ3v) is 7.54. The molecule has 0 aromatic heterocycles. The number of rotatable bonds is 8. The first-order valence-electron chi connectivity index (χ1n) is 9.85. The number of aromatic hydroxyl groups is 1. The number of sulfone groups is 1. The lowest BCUT2D eigenvalue weighted by Gasteiger charge is -2.37. The SMILES string of the molecule is CCC(=O)OCC(F)(F)S(=O)(=O)C(c1ccccc1)(c1ccccc1)c1ccc(O)cc1. The first-order chi connectivity index (χ1) is 15.2. The van der Waals surface area contributed by atoms with Gasteiger partial charge in [-0.25, -0.2) is 8.42 Å². The van der Waals surface area contributed by atoms with Gasteiger partial charge >= 0.3 is 11.2 Å². The number of phenolic OH excluding ortho intramolecular Hbond substituents is 1. The summed E-state index contributed by atoms with van der Waals surface area (Å²) in [5.74, 6) is -1.08. The molecule has 0 aliphatic carbocycles. The molecule has 0 aliphatic heterocycles. The van der Waals surface area contributed by atoms with E-state index >= 15 is 8.78 Å². The van der Waals surface area contributed by atoms with Crippen molar-refractivity contribution in [3.8, 4) is 5.75 Å². The van der Waals surface area contributed by atoms with Crippen LogP contribution in [0.3, 0.4) is 0 Å². The van der Waals surface area contributed by atoms with Crippen LogP contribution in [0.4, 0.5) is 8.78 Å². The molecule has 3 aromatic rings. The quantitative estimate of drug-likeness (QED) is 0.391. The molecule has 168 valence electrons. The molecule has 8 heteroatoms. The van der Waals surface area contributed by atoms with Gasteiger partial charge in [0.2, 0.25) is 9.84 Å². The number of ether oxygens (including phenoxy) is 1. The van der Waals surface area contributed by atoms with Crippen molar-refractivity contribution in [2.45, 2.75) is 23.3 Å². The predicted octanol–water partition coefficient (Wildman–Crippen LogP) is 4.64. The molecule has 0 fully saturated rings. The molecule has 0 bridgehead atoms. The second-order valence-corrected chi connectivity index (χ2v) is 9.33. The second-order valence-electron chi connectivity index (χ2n) is 7.12. The van der Waals surface area contributed by atoms with Gasteiger partial charge in [0.15, 0.2) is 11.4 Å². The number of carbonyl (C=O) groups excluding carboxylic acids is 1. The van der Waals surface area contributed by atoms with Crippen LogP contribution in [0, 0.1) is 0 Å². The zero-order valence-electron chi connectivity index (χ0n) is 17.2. The molecular formula is C24H22F2O5S. The van der Waals surface area contributed by atoms with E-state index in [0.717, 1.165) is 0 Å². The summed E-state index contributed by atoms with van der Waals surface area (Å²) in [7, 11) is -5.43. The maximum absolute atomic E-state index is 15.4. The van der Waals surface area contributed by atoms with Gasteiger partial charge in [0.25, 0.3) is 0 Å². The lowest BCUT2D eigenvalue weighted by Crippen LogP contribution is -2.49. The number of esters is 1. The van der Waals surface area contributed by atoms with Crippen LogP contribution in [0.2, 0.25) is 0 Å². The third kappa shape index (κ3) is 3.98. The van der Waals surface area contributed by atoms with Crippen LogP contribution in [0.1, 0.15) is 30.0 Å². The van der Waals surface area contributed by atoms with Crippen molar-refractivity contribution in [3.05, 3.63) is 102 Å². The molecule has 0 spiro atoms. The fraction of sp³-hybridized carbons (Fsp3) is 0.208. The number of hydrogen-bond donors (Lipinski definition) is 1. The molecular weight excluding hydrogens is 438 g/mol. The molecule has 0 radical (unpaired) electrons. The summed E-state index contributed by atoms with van der Waals surface area (Å²) in [4.78, 5) is 11.5. The van der Waals surface area contributed by atoms with Crippen molar-refractivity contribution in [1.29, 1.82) is 0 Å². The van der Waals surface area contributed by atoms with Gasteiger partial charge in [-0.05, 0) is 28.8 Å². The monoisotopic (exact) mass is 460 g/mol. The van der Waals surface area contributed by atoms with Crippen molar-refractivity contribution in [1.82, 2.24) is 0 Å². The highest BCUT2D eigenvalue weighted by atomic mass is 32.2. The van der Waals surface area contributed by atoms with Crippen LogP contribution in [0.15, 0.2) is 84.9 Å². The standard InChI is InChI=1S/C24H22F2O5S/c1-2-22(28)31-17-23(25,26)32(29,30)24(18-9-5-3-6-10-18,19-11-7-4-8-12-19)20-13-15-21(27)16-14-20/h3-16,27H,2,17H2,1H3. The molecule has 32 heavy (non-hydrogen) atoms. The van der Waals surface area contributed by atoms with Crippen molar-refractivity contribution < 1.29 is 31.8 Å². The summed E-state index contributed by atoms with van der Waals surface area (Å²) in [5, 5.41) is 5.33. The van der Waals surface area contributed by atoms with Gasteiger partial charge in [0.1, 0.15) is 5.75 Å². The fourth-order valence-corrected chi connectivity index (χ4v) is 5.58. The average molecular weight is 460 g/mol. The molecule has 3 aromatic carbocycles. The Hall–Kier alpha value is -3.26. The highest BCUT2D eigenvalue weighted by molar-refractivity contribution is 7.93. The van der Waals surface area contributed by atoms with Crippen LogP contribution >= 0.6 is 0 Å². The molecule has 0 amide bonds. The van der Waals surface area contributed by atoms with Gasteiger partial charge in [-0.15, -0.1) is 0 Å². The number of carbonyl (C=O) groups is 1. The topological polar surface area (TPSA) is 80.7 Å².